The van der Waals surface area contributed by atoms with Crippen LogP contribution in [0.4, 0.5) is 0 Å². The first-order valence-corrected chi connectivity index (χ1v) is 6.77. The van der Waals surface area contributed by atoms with Gasteiger partial charge >= 0.3 is 0 Å². The summed E-state index contributed by atoms with van der Waals surface area (Å²) in [6.07, 6.45) is 0.700. The normalized spacial score (nSPS) is 22.3. The zero-order valence-corrected chi connectivity index (χ0v) is 11.2. The minimum absolute atomic E-state index is 0.344. The SMILES string of the molecule is CC(C)N1CCC(C(O)COc2ccccc2)C1. The number of benzene rings is 1. The van der Waals surface area contributed by atoms with Crippen LogP contribution in [0.25, 0.3) is 0 Å². The summed E-state index contributed by atoms with van der Waals surface area (Å²) in [5, 5.41) is 10.2. The highest BCUT2D eigenvalue weighted by molar-refractivity contribution is 5.20. The van der Waals surface area contributed by atoms with Gasteiger partial charge in [0.05, 0.1) is 6.10 Å². The molecule has 2 atom stereocenters. The van der Waals surface area contributed by atoms with Crippen molar-refractivity contribution in [1.82, 2.24) is 4.90 Å². The van der Waals surface area contributed by atoms with E-state index < -0.39 is 0 Å². The lowest BCUT2D eigenvalue weighted by molar-refractivity contribution is 0.0583. The lowest BCUT2D eigenvalue weighted by Gasteiger charge is -2.22. The number of hydrogen-bond acceptors (Lipinski definition) is 3. The van der Waals surface area contributed by atoms with Gasteiger partial charge in [0.25, 0.3) is 0 Å². The van der Waals surface area contributed by atoms with Crippen LogP contribution in [0.3, 0.4) is 0 Å². The summed E-state index contributed by atoms with van der Waals surface area (Å²) in [4.78, 5) is 2.41. The van der Waals surface area contributed by atoms with Crippen molar-refractivity contribution in [3.8, 4) is 5.75 Å². The van der Waals surface area contributed by atoms with E-state index in [1.165, 1.54) is 0 Å². The first-order chi connectivity index (χ1) is 8.66. The van der Waals surface area contributed by atoms with E-state index in [2.05, 4.69) is 18.7 Å². The molecular formula is C15H23NO2. The average Bonchev–Trinajstić information content (AvgIpc) is 2.87. The number of nitrogens with zero attached hydrogens (tertiary/aromatic N) is 1. The van der Waals surface area contributed by atoms with Crippen molar-refractivity contribution in [2.24, 2.45) is 5.92 Å². The Kier molecular flexibility index (Phi) is 4.61. The van der Waals surface area contributed by atoms with Gasteiger partial charge in [0, 0.05) is 18.5 Å². The summed E-state index contributed by atoms with van der Waals surface area (Å²) in [5.41, 5.74) is 0. The van der Waals surface area contributed by atoms with E-state index in [0.29, 0.717) is 18.6 Å². The van der Waals surface area contributed by atoms with E-state index in [0.717, 1.165) is 25.3 Å². The number of rotatable bonds is 5. The molecule has 1 aliphatic rings. The van der Waals surface area contributed by atoms with Crippen LogP contribution in [0.1, 0.15) is 20.3 Å². The van der Waals surface area contributed by atoms with E-state index in [1.807, 2.05) is 30.3 Å². The van der Waals surface area contributed by atoms with Crippen LogP contribution in [0.15, 0.2) is 30.3 Å². The number of likely N-dealkylation sites (tertiary alicyclic amines) is 1. The third kappa shape index (κ3) is 3.47. The molecule has 2 unspecified atom stereocenters. The molecule has 1 fully saturated rings. The highest BCUT2D eigenvalue weighted by Gasteiger charge is 2.29. The van der Waals surface area contributed by atoms with Crippen molar-refractivity contribution in [2.75, 3.05) is 19.7 Å². The van der Waals surface area contributed by atoms with Crippen LogP contribution in [0, 0.1) is 5.92 Å². The Labute approximate surface area is 109 Å². The van der Waals surface area contributed by atoms with Gasteiger partial charge in [-0.05, 0) is 38.9 Å². The van der Waals surface area contributed by atoms with Gasteiger partial charge in [-0.3, -0.25) is 0 Å². The topological polar surface area (TPSA) is 32.7 Å². The highest BCUT2D eigenvalue weighted by atomic mass is 16.5. The maximum Gasteiger partial charge on any atom is 0.119 e. The molecule has 0 saturated carbocycles. The Bertz CT molecular complexity index is 353. The minimum Gasteiger partial charge on any atom is -0.491 e. The predicted molar refractivity (Wildman–Crippen MR) is 72.8 cm³/mol. The van der Waals surface area contributed by atoms with Crippen molar-refractivity contribution in [3.05, 3.63) is 30.3 Å². The Morgan fingerprint density at radius 3 is 2.67 bits per heavy atom. The number of ether oxygens (including phenoxy) is 1. The van der Waals surface area contributed by atoms with Gasteiger partial charge < -0.3 is 14.7 Å². The molecule has 1 N–H and O–H groups in total. The summed E-state index contributed by atoms with van der Waals surface area (Å²) in [6.45, 7) is 6.87. The summed E-state index contributed by atoms with van der Waals surface area (Å²) >= 11 is 0. The summed E-state index contributed by atoms with van der Waals surface area (Å²) in [6, 6.07) is 10.2. The molecule has 0 spiro atoms. The highest BCUT2D eigenvalue weighted by Crippen LogP contribution is 2.22. The number of hydrogen-bond donors (Lipinski definition) is 1. The minimum atomic E-state index is -0.367. The first-order valence-electron chi connectivity index (χ1n) is 6.77. The van der Waals surface area contributed by atoms with Gasteiger partial charge in [0.2, 0.25) is 0 Å². The van der Waals surface area contributed by atoms with Crippen molar-refractivity contribution in [3.63, 3.8) is 0 Å². The van der Waals surface area contributed by atoms with Crippen LogP contribution in [0.2, 0.25) is 0 Å². The van der Waals surface area contributed by atoms with Crippen LogP contribution in [-0.4, -0.2) is 41.8 Å². The van der Waals surface area contributed by atoms with E-state index >= 15 is 0 Å². The molecule has 0 aromatic heterocycles. The van der Waals surface area contributed by atoms with E-state index in [1.54, 1.807) is 0 Å². The second kappa shape index (κ2) is 6.21. The quantitative estimate of drug-likeness (QED) is 0.868. The van der Waals surface area contributed by atoms with Crippen LogP contribution >= 0.6 is 0 Å². The fraction of sp³-hybridized carbons (Fsp3) is 0.600. The maximum atomic E-state index is 10.2. The smallest absolute Gasteiger partial charge is 0.119 e. The average molecular weight is 249 g/mol. The standard InChI is InChI=1S/C15H23NO2/c1-12(2)16-9-8-13(10-16)15(17)11-18-14-6-4-3-5-7-14/h3-7,12-13,15,17H,8-11H2,1-2H3. The van der Waals surface area contributed by atoms with Gasteiger partial charge in [-0.15, -0.1) is 0 Å². The van der Waals surface area contributed by atoms with Gasteiger partial charge in [-0.25, -0.2) is 0 Å². The molecule has 2 rings (SSSR count). The molecule has 0 radical (unpaired) electrons. The van der Waals surface area contributed by atoms with Crippen molar-refractivity contribution in [1.29, 1.82) is 0 Å². The lowest BCUT2D eigenvalue weighted by Crippen LogP contribution is -2.33. The van der Waals surface area contributed by atoms with Crippen LogP contribution < -0.4 is 4.74 Å². The largest absolute Gasteiger partial charge is 0.491 e. The summed E-state index contributed by atoms with van der Waals surface area (Å²) in [5.74, 6) is 1.17. The maximum absolute atomic E-state index is 10.2. The molecule has 0 bridgehead atoms. The van der Waals surface area contributed by atoms with Crippen molar-refractivity contribution >= 4 is 0 Å². The van der Waals surface area contributed by atoms with Crippen LogP contribution in [0.5, 0.6) is 5.75 Å². The Morgan fingerprint density at radius 1 is 1.33 bits per heavy atom. The predicted octanol–water partition coefficient (Wildman–Crippen LogP) is 2.16. The molecule has 1 heterocycles. The monoisotopic (exact) mass is 249 g/mol. The Hall–Kier alpha value is -1.06. The Morgan fingerprint density at radius 2 is 2.06 bits per heavy atom. The zero-order valence-electron chi connectivity index (χ0n) is 11.2. The molecular weight excluding hydrogens is 226 g/mol. The summed E-state index contributed by atoms with van der Waals surface area (Å²) in [7, 11) is 0. The molecule has 1 aromatic carbocycles. The summed E-state index contributed by atoms with van der Waals surface area (Å²) < 4.78 is 5.61. The van der Waals surface area contributed by atoms with Gasteiger partial charge in [-0.1, -0.05) is 18.2 Å². The third-order valence-corrected chi connectivity index (χ3v) is 3.69. The second-order valence-electron chi connectivity index (χ2n) is 5.33. The van der Waals surface area contributed by atoms with E-state index in [4.69, 9.17) is 4.74 Å². The fourth-order valence-corrected chi connectivity index (χ4v) is 2.43. The molecule has 1 aliphatic heterocycles. The molecule has 3 heteroatoms. The van der Waals surface area contributed by atoms with E-state index in [-0.39, 0.29) is 6.10 Å². The molecule has 0 amide bonds. The lowest BCUT2D eigenvalue weighted by atomic mass is 10.0. The fourth-order valence-electron chi connectivity index (χ4n) is 2.43. The van der Waals surface area contributed by atoms with Gasteiger partial charge in [0.15, 0.2) is 0 Å². The molecule has 1 aromatic rings. The molecule has 0 aliphatic carbocycles. The van der Waals surface area contributed by atoms with E-state index in [9.17, 15) is 5.11 Å². The zero-order chi connectivity index (χ0) is 13.0. The number of aliphatic hydroxyl groups is 1. The van der Waals surface area contributed by atoms with Gasteiger partial charge in [0.1, 0.15) is 12.4 Å². The van der Waals surface area contributed by atoms with Crippen molar-refractivity contribution < 1.29 is 9.84 Å². The molecule has 100 valence electrons. The molecule has 1 saturated heterocycles. The second-order valence-corrected chi connectivity index (χ2v) is 5.33. The molecule has 3 nitrogen and oxygen atoms in total. The van der Waals surface area contributed by atoms with Crippen LogP contribution in [-0.2, 0) is 0 Å². The molecule has 18 heavy (non-hydrogen) atoms. The number of para-hydroxylation sites is 1. The number of aliphatic hydroxyl groups excluding tert-OH is 1. The first kappa shape index (κ1) is 13.4. The third-order valence-electron chi connectivity index (χ3n) is 3.69. The van der Waals surface area contributed by atoms with Gasteiger partial charge in [-0.2, -0.15) is 0 Å². The van der Waals surface area contributed by atoms with Crippen molar-refractivity contribution in [2.45, 2.75) is 32.4 Å². The Balaban J connectivity index is 1.77.